The van der Waals surface area contributed by atoms with Gasteiger partial charge in [-0.1, -0.05) is 28.1 Å². The summed E-state index contributed by atoms with van der Waals surface area (Å²) in [6.07, 6.45) is 1.44. The van der Waals surface area contributed by atoms with Crippen LogP contribution >= 0.6 is 15.9 Å². The topological polar surface area (TPSA) is 75.7 Å². The first kappa shape index (κ1) is 20.1. The second kappa shape index (κ2) is 9.01. The highest BCUT2D eigenvalue weighted by Crippen LogP contribution is 2.24. The Morgan fingerprint density at radius 1 is 1.21 bits per heavy atom. The van der Waals surface area contributed by atoms with Gasteiger partial charge in [-0.05, 0) is 48.4 Å². The van der Waals surface area contributed by atoms with E-state index in [1.54, 1.807) is 29.2 Å². The van der Waals surface area contributed by atoms with Gasteiger partial charge < -0.3 is 15.0 Å². The van der Waals surface area contributed by atoms with Gasteiger partial charge in [-0.2, -0.15) is 0 Å². The standard InChI is InChI=1S/C21H21BrN2O4/c1-28-20(26)13-18(15-4-2-5-16(22)12-15)23-21(27)14-7-9-17(10-8-14)24-11-3-6-19(24)25/h2,4-5,7-10,12,18H,3,6,11,13H2,1H3,(H,23,27). The van der Waals surface area contributed by atoms with Crippen molar-refractivity contribution in [1.29, 1.82) is 0 Å². The van der Waals surface area contributed by atoms with Crippen molar-refractivity contribution in [2.24, 2.45) is 0 Å². The van der Waals surface area contributed by atoms with Crippen molar-refractivity contribution in [2.75, 3.05) is 18.6 Å². The van der Waals surface area contributed by atoms with E-state index >= 15 is 0 Å². The zero-order chi connectivity index (χ0) is 20.1. The Bertz CT molecular complexity index is 882. The van der Waals surface area contributed by atoms with Gasteiger partial charge in [0.15, 0.2) is 0 Å². The van der Waals surface area contributed by atoms with Crippen molar-refractivity contribution in [1.82, 2.24) is 5.32 Å². The Balaban J connectivity index is 1.75. The number of anilines is 1. The summed E-state index contributed by atoms with van der Waals surface area (Å²) >= 11 is 3.41. The maximum absolute atomic E-state index is 12.7. The molecule has 0 spiro atoms. The minimum absolute atomic E-state index is 0.0268. The number of hydrogen-bond acceptors (Lipinski definition) is 4. The van der Waals surface area contributed by atoms with Crippen molar-refractivity contribution in [3.63, 3.8) is 0 Å². The summed E-state index contributed by atoms with van der Waals surface area (Å²) in [6.45, 7) is 0.703. The van der Waals surface area contributed by atoms with Crippen molar-refractivity contribution in [3.05, 3.63) is 64.1 Å². The number of esters is 1. The molecule has 2 aromatic carbocycles. The SMILES string of the molecule is COC(=O)CC(NC(=O)c1ccc(N2CCCC2=O)cc1)c1cccc(Br)c1. The van der Waals surface area contributed by atoms with Gasteiger partial charge in [-0.25, -0.2) is 0 Å². The molecule has 0 radical (unpaired) electrons. The number of benzene rings is 2. The van der Waals surface area contributed by atoms with Crippen LogP contribution in [-0.2, 0) is 14.3 Å². The van der Waals surface area contributed by atoms with E-state index in [-0.39, 0.29) is 18.2 Å². The van der Waals surface area contributed by atoms with Crippen LogP contribution in [0.25, 0.3) is 0 Å². The van der Waals surface area contributed by atoms with Crippen LogP contribution in [0.4, 0.5) is 5.69 Å². The maximum Gasteiger partial charge on any atom is 0.307 e. The van der Waals surface area contributed by atoms with Crippen LogP contribution < -0.4 is 10.2 Å². The Morgan fingerprint density at radius 2 is 1.96 bits per heavy atom. The highest BCUT2D eigenvalue weighted by atomic mass is 79.9. The second-order valence-electron chi connectivity index (χ2n) is 6.56. The zero-order valence-electron chi connectivity index (χ0n) is 15.5. The molecule has 6 nitrogen and oxygen atoms in total. The number of nitrogens with one attached hydrogen (secondary N) is 1. The molecule has 7 heteroatoms. The molecule has 1 heterocycles. The molecular weight excluding hydrogens is 424 g/mol. The summed E-state index contributed by atoms with van der Waals surface area (Å²) in [5, 5.41) is 2.90. The van der Waals surface area contributed by atoms with E-state index in [4.69, 9.17) is 4.74 Å². The molecule has 1 saturated heterocycles. The molecular formula is C21H21BrN2O4. The number of carbonyl (C=O) groups excluding carboxylic acids is 3. The molecule has 2 amide bonds. The Labute approximate surface area is 172 Å². The molecule has 2 aromatic rings. The van der Waals surface area contributed by atoms with Crippen LogP contribution in [0.3, 0.4) is 0 Å². The molecule has 1 fully saturated rings. The normalized spacial score (nSPS) is 14.6. The average Bonchev–Trinajstić information content (AvgIpc) is 3.13. The van der Waals surface area contributed by atoms with Crippen molar-refractivity contribution < 1.29 is 19.1 Å². The first-order chi connectivity index (χ1) is 13.5. The molecule has 28 heavy (non-hydrogen) atoms. The fraction of sp³-hybridized carbons (Fsp3) is 0.286. The smallest absolute Gasteiger partial charge is 0.307 e. The third-order valence-electron chi connectivity index (χ3n) is 4.67. The average molecular weight is 445 g/mol. The summed E-state index contributed by atoms with van der Waals surface area (Å²) in [5.74, 6) is -0.605. The van der Waals surface area contributed by atoms with Gasteiger partial charge in [0.2, 0.25) is 5.91 Å². The number of carbonyl (C=O) groups is 3. The van der Waals surface area contributed by atoms with Crippen molar-refractivity contribution >= 4 is 39.4 Å². The largest absolute Gasteiger partial charge is 0.469 e. The van der Waals surface area contributed by atoms with Gasteiger partial charge in [0.05, 0.1) is 19.6 Å². The minimum Gasteiger partial charge on any atom is -0.469 e. The van der Waals surface area contributed by atoms with E-state index in [0.717, 1.165) is 22.1 Å². The zero-order valence-corrected chi connectivity index (χ0v) is 17.1. The van der Waals surface area contributed by atoms with E-state index in [0.29, 0.717) is 18.5 Å². The lowest BCUT2D eigenvalue weighted by atomic mass is 10.0. The van der Waals surface area contributed by atoms with E-state index in [9.17, 15) is 14.4 Å². The van der Waals surface area contributed by atoms with Gasteiger partial charge in [0.1, 0.15) is 0 Å². The predicted molar refractivity (Wildman–Crippen MR) is 109 cm³/mol. The third-order valence-corrected chi connectivity index (χ3v) is 5.16. The number of halogens is 1. The van der Waals surface area contributed by atoms with Crippen molar-refractivity contribution in [2.45, 2.75) is 25.3 Å². The third kappa shape index (κ3) is 4.78. The molecule has 1 atom stereocenters. The number of amides is 2. The van der Waals surface area contributed by atoms with Gasteiger partial charge in [0, 0.05) is 28.7 Å². The molecule has 1 unspecified atom stereocenters. The van der Waals surface area contributed by atoms with E-state index in [1.807, 2.05) is 24.3 Å². The summed E-state index contributed by atoms with van der Waals surface area (Å²) in [4.78, 5) is 38.1. The summed E-state index contributed by atoms with van der Waals surface area (Å²) in [5.41, 5.74) is 2.05. The molecule has 1 aliphatic heterocycles. The Hall–Kier alpha value is -2.67. The van der Waals surface area contributed by atoms with Crippen molar-refractivity contribution in [3.8, 4) is 0 Å². The van der Waals surface area contributed by atoms with E-state index < -0.39 is 12.0 Å². The Kier molecular flexibility index (Phi) is 6.46. The summed E-state index contributed by atoms with van der Waals surface area (Å²) < 4.78 is 5.62. The van der Waals surface area contributed by atoms with Crippen LogP contribution in [0.5, 0.6) is 0 Å². The maximum atomic E-state index is 12.7. The molecule has 0 saturated carbocycles. The molecule has 3 rings (SSSR count). The van der Waals surface area contributed by atoms with Crippen LogP contribution in [-0.4, -0.2) is 31.4 Å². The van der Waals surface area contributed by atoms with Gasteiger partial charge in [-0.3, -0.25) is 14.4 Å². The lowest BCUT2D eigenvalue weighted by Crippen LogP contribution is -2.30. The highest BCUT2D eigenvalue weighted by molar-refractivity contribution is 9.10. The fourth-order valence-corrected chi connectivity index (χ4v) is 3.60. The number of hydrogen-bond donors (Lipinski definition) is 1. The minimum atomic E-state index is -0.516. The van der Waals surface area contributed by atoms with E-state index in [2.05, 4.69) is 21.2 Å². The molecule has 0 aromatic heterocycles. The fourth-order valence-electron chi connectivity index (χ4n) is 3.18. The molecule has 1 N–H and O–H groups in total. The number of rotatable bonds is 6. The molecule has 0 bridgehead atoms. The quantitative estimate of drug-likeness (QED) is 0.690. The van der Waals surface area contributed by atoms with Gasteiger partial charge in [0.25, 0.3) is 5.91 Å². The van der Waals surface area contributed by atoms with Crippen LogP contribution in [0.15, 0.2) is 53.0 Å². The van der Waals surface area contributed by atoms with Crippen LogP contribution in [0.1, 0.15) is 41.2 Å². The summed E-state index contributed by atoms with van der Waals surface area (Å²) in [7, 11) is 1.32. The lowest BCUT2D eigenvalue weighted by Gasteiger charge is -2.19. The summed E-state index contributed by atoms with van der Waals surface area (Å²) in [6, 6.07) is 13.8. The molecule has 146 valence electrons. The number of nitrogens with zero attached hydrogens (tertiary/aromatic N) is 1. The predicted octanol–water partition coefficient (Wildman–Crippen LogP) is 3.61. The first-order valence-corrected chi connectivity index (χ1v) is 9.81. The lowest BCUT2D eigenvalue weighted by molar-refractivity contribution is -0.141. The Morgan fingerprint density at radius 3 is 2.57 bits per heavy atom. The van der Waals surface area contributed by atoms with Crippen LogP contribution in [0.2, 0.25) is 0 Å². The highest BCUT2D eigenvalue weighted by Gasteiger charge is 2.23. The first-order valence-electron chi connectivity index (χ1n) is 9.01. The monoisotopic (exact) mass is 444 g/mol. The van der Waals surface area contributed by atoms with Crippen LogP contribution in [0, 0.1) is 0 Å². The number of ether oxygens (including phenoxy) is 1. The van der Waals surface area contributed by atoms with E-state index in [1.165, 1.54) is 7.11 Å². The number of methoxy groups -OCH3 is 1. The van der Waals surface area contributed by atoms with Gasteiger partial charge in [-0.15, -0.1) is 0 Å². The van der Waals surface area contributed by atoms with Gasteiger partial charge >= 0.3 is 5.97 Å². The molecule has 0 aliphatic carbocycles. The molecule has 1 aliphatic rings. The second-order valence-corrected chi connectivity index (χ2v) is 7.47.